The number of nitrogens with zero attached hydrogens (tertiary/aromatic N) is 2. The number of rotatable bonds is 5. The van der Waals surface area contributed by atoms with Crippen molar-refractivity contribution in [2.75, 3.05) is 7.11 Å². The minimum Gasteiger partial charge on any atom is -0.493 e. The second kappa shape index (κ2) is 6.23. The van der Waals surface area contributed by atoms with E-state index in [1.165, 1.54) is 0 Å². The van der Waals surface area contributed by atoms with Crippen molar-refractivity contribution in [3.8, 4) is 23.8 Å². The van der Waals surface area contributed by atoms with Gasteiger partial charge >= 0.3 is 0 Å². The van der Waals surface area contributed by atoms with E-state index in [0.29, 0.717) is 24.7 Å². The van der Waals surface area contributed by atoms with E-state index in [2.05, 4.69) is 10.9 Å². The molecule has 4 heteroatoms. The molecule has 0 saturated heterocycles. The number of imidazole rings is 1. The maximum atomic E-state index is 5.85. The standard InChI is InChI=1S/C18H16N2O2/c1-3-12-20-15-9-5-4-8-14(15)19-18(20)13-22-17-11-7-6-10-16(17)21-2/h1,4-11H,12-13H2,2H3. The molecule has 110 valence electrons. The van der Waals surface area contributed by atoms with Crippen molar-refractivity contribution in [3.63, 3.8) is 0 Å². The lowest BCUT2D eigenvalue weighted by Crippen LogP contribution is -2.07. The number of hydrogen-bond donors (Lipinski definition) is 0. The third kappa shape index (κ3) is 2.61. The number of ether oxygens (including phenoxy) is 2. The van der Waals surface area contributed by atoms with Crippen molar-refractivity contribution in [2.45, 2.75) is 13.2 Å². The van der Waals surface area contributed by atoms with Gasteiger partial charge in [0.2, 0.25) is 0 Å². The molecule has 0 fully saturated rings. The van der Waals surface area contributed by atoms with Crippen LogP contribution in [0, 0.1) is 12.3 Å². The lowest BCUT2D eigenvalue weighted by molar-refractivity contribution is 0.273. The van der Waals surface area contributed by atoms with E-state index in [9.17, 15) is 0 Å². The van der Waals surface area contributed by atoms with Crippen molar-refractivity contribution in [2.24, 2.45) is 0 Å². The Morgan fingerprint density at radius 1 is 1.09 bits per heavy atom. The van der Waals surface area contributed by atoms with Gasteiger partial charge in [-0.05, 0) is 24.3 Å². The van der Waals surface area contributed by atoms with E-state index in [-0.39, 0.29) is 0 Å². The first-order valence-electron chi connectivity index (χ1n) is 6.97. The van der Waals surface area contributed by atoms with Crippen LogP contribution in [0.2, 0.25) is 0 Å². The van der Waals surface area contributed by atoms with Crippen molar-refractivity contribution in [3.05, 3.63) is 54.4 Å². The highest BCUT2D eigenvalue weighted by Crippen LogP contribution is 2.27. The van der Waals surface area contributed by atoms with E-state index in [1.807, 2.05) is 53.1 Å². The first-order valence-corrected chi connectivity index (χ1v) is 6.97. The monoisotopic (exact) mass is 292 g/mol. The van der Waals surface area contributed by atoms with Crippen LogP contribution in [0.5, 0.6) is 11.5 Å². The first-order chi connectivity index (χ1) is 10.8. The number of aromatic nitrogens is 2. The van der Waals surface area contributed by atoms with Gasteiger partial charge in [0.1, 0.15) is 12.4 Å². The van der Waals surface area contributed by atoms with E-state index in [4.69, 9.17) is 15.9 Å². The molecule has 0 bridgehead atoms. The molecule has 0 aliphatic carbocycles. The van der Waals surface area contributed by atoms with Crippen LogP contribution in [0.15, 0.2) is 48.5 Å². The number of benzene rings is 2. The molecule has 0 radical (unpaired) electrons. The minimum atomic E-state index is 0.330. The van der Waals surface area contributed by atoms with E-state index in [0.717, 1.165) is 16.9 Å². The van der Waals surface area contributed by atoms with Gasteiger partial charge in [0, 0.05) is 0 Å². The number of fused-ring (bicyclic) bond motifs is 1. The maximum absolute atomic E-state index is 5.85. The third-order valence-electron chi connectivity index (χ3n) is 3.41. The molecular formula is C18H16N2O2. The van der Waals surface area contributed by atoms with E-state index < -0.39 is 0 Å². The molecule has 2 aromatic carbocycles. The Balaban J connectivity index is 1.90. The summed E-state index contributed by atoms with van der Waals surface area (Å²) in [5.41, 5.74) is 1.93. The zero-order valence-electron chi connectivity index (χ0n) is 12.3. The molecule has 1 aromatic heterocycles. The van der Waals surface area contributed by atoms with Crippen LogP contribution in [-0.4, -0.2) is 16.7 Å². The minimum absolute atomic E-state index is 0.330. The topological polar surface area (TPSA) is 36.3 Å². The Labute approximate surface area is 129 Å². The Morgan fingerprint density at radius 2 is 1.82 bits per heavy atom. The molecule has 22 heavy (non-hydrogen) atoms. The number of para-hydroxylation sites is 4. The van der Waals surface area contributed by atoms with Crippen molar-refractivity contribution in [1.29, 1.82) is 0 Å². The summed E-state index contributed by atoms with van der Waals surface area (Å²) in [5.74, 6) is 4.84. The lowest BCUT2D eigenvalue weighted by Gasteiger charge is -2.10. The molecule has 0 amide bonds. The molecule has 0 aliphatic heterocycles. The number of hydrogen-bond acceptors (Lipinski definition) is 3. The largest absolute Gasteiger partial charge is 0.493 e. The zero-order chi connectivity index (χ0) is 15.4. The SMILES string of the molecule is C#CCn1c(COc2ccccc2OC)nc2ccccc21. The van der Waals surface area contributed by atoms with Crippen LogP contribution < -0.4 is 9.47 Å². The fourth-order valence-electron chi connectivity index (χ4n) is 2.38. The molecule has 0 atom stereocenters. The highest BCUT2D eigenvalue weighted by atomic mass is 16.5. The fraction of sp³-hybridized carbons (Fsp3) is 0.167. The number of methoxy groups -OCH3 is 1. The van der Waals surface area contributed by atoms with Gasteiger partial charge in [-0.25, -0.2) is 4.98 Å². The Morgan fingerprint density at radius 3 is 2.59 bits per heavy atom. The van der Waals surface area contributed by atoms with Crippen LogP contribution in [0.3, 0.4) is 0 Å². The van der Waals surface area contributed by atoms with Crippen LogP contribution in [0.25, 0.3) is 11.0 Å². The first kappa shape index (κ1) is 14.0. The quantitative estimate of drug-likeness (QED) is 0.677. The van der Waals surface area contributed by atoms with Crippen LogP contribution in [0.1, 0.15) is 5.82 Å². The smallest absolute Gasteiger partial charge is 0.161 e. The second-order valence-corrected chi connectivity index (χ2v) is 4.75. The second-order valence-electron chi connectivity index (χ2n) is 4.75. The van der Waals surface area contributed by atoms with Crippen LogP contribution in [-0.2, 0) is 13.2 Å². The highest BCUT2D eigenvalue weighted by Gasteiger charge is 2.11. The molecule has 0 saturated carbocycles. The predicted octanol–water partition coefficient (Wildman–Crippen LogP) is 3.26. The Hall–Kier alpha value is -2.93. The van der Waals surface area contributed by atoms with Crippen molar-refractivity contribution < 1.29 is 9.47 Å². The van der Waals surface area contributed by atoms with E-state index >= 15 is 0 Å². The molecule has 0 spiro atoms. The molecule has 3 aromatic rings. The summed E-state index contributed by atoms with van der Waals surface area (Å²) in [7, 11) is 1.62. The normalized spacial score (nSPS) is 10.4. The van der Waals surface area contributed by atoms with Gasteiger partial charge in [0.15, 0.2) is 11.5 Å². The maximum Gasteiger partial charge on any atom is 0.161 e. The predicted molar refractivity (Wildman–Crippen MR) is 85.9 cm³/mol. The van der Waals surface area contributed by atoms with Crippen molar-refractivity contribution >= 4 is 11.0 Å². The van der Waals surface area contributed by atoms with Gasteiger partial charge in [-0.2, -0.15) is 0 Å². The summed E-state index contributed by atoms with van der Waals surface area (Å²) in [6.45, 7) is 0.794. The molecule has 3 rings (SSSR count). The van der Waals surface area contributed by atoms with Gasteiger partial charge in [0.25, 0.3) is 0 Å². The molecule has 0 aliphatic rings. The average molecular weight is 292 g/mol. The zero-order valence-corrected chi connectivity index (χ0v) is 12.3. The molecular weight excluding hydrogens is 276 g/mol. The molecule has 4 nitrogen and oxygen atoms in total. The van der Waals surface area contributed by atoms with Crippen LogP contribution >= 0.6 is 0 Å². The fourth-order valence-corrected chi connectivity index (χ4v) is 2.38. The van der Waals surface area contributed by atoms with Gasteiger partial charge in [0.05, 0.1) is 24.7 Å². The average Bonchev–Trinajstić information content (AvgIpc) is 2.91. The van der Waals surface area contributed by atoms with Gasteiger partial charge in [-0.3, -0.25) is 0 Å². The molecule has 1 heterocycles. The van der Waals surface area contributed by atoms with Crippen LogP contribution in [0.4, 0.5) is 0 Å². The van der Waals surface area contributed by atoms with Crippen molar-refractivity contribution in [1.82, 2.24) is 9.55 Å². The molecule has 0 N–H and O–H groups in total. The lowest BCUT2D eigenvalue weighted by atomic mass is 10.3. The van der Waals surface area contributed by atoms with Gasteiger partial charge < -0.3 is 14.0 Å². The van der Waals surface area contributed by atoms with E-state index in [1.54, 1.807) is 7.11 Å². The summed E-state index contributed by atoms with van der Waals surface area (Å²) in [6, 6.07) is 15.4. The summed E-state index contributed by atoms with van der Waals surface area (Å²) >= 11 is 0. The molecule has 0 unspecified atom stereocenters. The van der Waals surface area contributed by atoms with Gasteiger partial charge in [-0.1, -0.05) is 30.2 Å². The summed E-state index contributed by atoms with van der Waals surface area (Å²) < 4.78 is 13.1. The highest BCUT2D eigenvalue weighted by molar-refractivity contribution is 5.76. The summed E-state index contributed by atoms with van der Waals surface area (Å²) in [6.07, 6.45) is 5.47. The number of terminal acetylenes is 1. The summed E-state index contributed by atoms with van der Waals surface area (Å²) in [5, 5.41) is 0. The summed E-state index contributed by atoms with van der Waals surface area (Å²) in [4.78, 5) is 4.60. The van der Waals surface area contributed by atoms with Gasteiger partial charge in [-0.15, -0.1) is 6.42 Å². The Kier molecular flexibility index (Phi) is 3.97. The third-order valence-corrected chi connectivity index (χ3v) is 3.41. The Bertz CT molecular complexity index is 830.